The van der Waals surface area contributed by atoms with E-state index in [2.05, 4.69) is 6.92 Å². The maximum Gasteiger partial charge on any atom is 0.400 e. The zero-order valence-corrected chi connectivity index (χ0v) is 22.9. The highest BCUT2D eigenvalue weighted by Gasteiger charge is 2.45. The van der Waals surface area contributed by atoms with Crippen molar-refractivity contribution in [2.24, 2.45) is 29.6 Å². The molecule has 4 aliphatic rings. The lowest BCUT2D eigenvalue weighted by molar-refractivity contribution is -0.229. The molecule has 3 nitrogen and oxygen atoms in total. The lowest BCUT2D eigenvalue weighted by atomic mass is 9.69. The van der Waals surface area contributed by atoms with Crippen LogP contribution in [0.2, 0.25) is 0 Å². The van der Waals surface area contributed by atoms with Crippen molar-refractivity contribution in [1.29, 1.82) is 0 Å². The molecule has 3 saturated carbocycles. The largest absolute Gasteiger partial charge is 0.432 e. The fourth-order valence-corrected chi connectivity index (χ4v) is 7.09. The Bertz CT molecular complexity index is 1090. The van der Waals surface area contributed by atoms with Crippen LogP contribution in [0.4, 0.5) is 13.2 Å². The molecule has 0 spiro atoms. The molecule has 0 aromatic heterocycles. The van der Waals surface area contributed by atoms with Crippen LogP contribution in [-0.2, 0) is 9.47 Å². The Hall–Kier alpha value is -2.05. The summed E-state index contributed by atoms with van der Waals surface area (Å²) >= 11 is 0. The van der Waals surface area contributed by atoms with Gasteiger partial charge in [-0.3, -0.25) is 0 Å². The molecule has 0 amide bonds. The molecule has 212 valence electrons. The molecule has 39 heavy (non-hydrogen) atoms. The van der Waals surface area contributed by atoms with Crippen LogP contribution in [-0.4, -0.2) is 25.6 Å². The summed E-state index contributed by atoms with van der Waals surface area (Å²) in [5.74, 6) is 1.15. The van der Waals surface area contributed by atoms with Gasteiger partial charge in [-0.1, -0.05) is 31.2 Å². The van der Waals surface area contributed by atoms with Gasteiger partial charge in [0.15, 0.2) is 6.29 Å². The average Bonchev–Trinajstić information content (AvgIpc) is 3.80. The normalized spacial score (nSPS) is 32.1. The molecule has 1 aliphatic heterocycles. The van der Waals surface area contributed by atoms with Crippen LogP contribution in [0.1, 0.15) is 82.6 Å². The summed E-state index contributed by atoms with van der Waals surface area (Å²) in [5.41, 5.74) is 2.43. The first-order chi connectivity index (χ1) is 18.9. The molecule has 3 aliphatic carbocycles. The third-order valence-electron chi connectivity index (χ3n) is 9.67. The molecule has 1 heterocycles. The van der Waals surface area contributed by atoms with Crippen molar-refractivity contribution in [1.82, 2.24) is 0 Å². The Morgan fingerprint density at radius 3 is 1.92 bits per heavy atom. The zero-order chi connectivity index (χ0) is 27.0. The highest BCUT2D eigenvalue weighted by atomic mass is 19.3. The van der Waals surface area contributed by atoms with Crippen molar-refractivity contribution >= 4 is 0 Å². The lowest BCUT2D eigenvalue weighted by Gasteiger charge is -2.41. The van der Waals surface area contributed by atoms with E-state index in [1.807, 2.05) is 24.3 Å². The number of hydrogen-bond acceptors (Lipinski definition) is 3. The van der Waals surface area contributed by atoms with Crippen LogP contribution in [0.3, 0.4) is 0 Å². The molecule has 2 aromatic carbocycles. The Morgan fingerprint density at radius 2 is 1.33 bits per heavy atom. The lowest BCUT2D eigenvalue weighted by Crippen LogP contribution is -2.40. The van der Waals surface area contributed by atoms with Gasteiger partial charge < -0.3 is 14.2 Å². The van der Waals surface area contributed by atoms with E-state index in [0.29, 0.717) is 48.0 Å². The van der Waals surface area contributed by atoms with Crippen LogP contribution < -0.4 is 4.74 Å². The smallest absolute Gasteiger partial charge is 0.400 e. The van der Waals surface area contributed by atoms with Gasteiger partial charge in [-0.15, -0.1) is 0 Å². The van der Waals surface area contributed by atoms with E-state index in [9.17, 15) is 4.39 Å². The molecule has 0 atom stereocenters. The van der Waals surface area contributed by atoms with E-state index in [4.69, 9.17) is 14.2 Å². The molecular formula is C33H41F3O3. The summed E-state index contributed by atoms with van der Waals surface area (Å²) < 4.78 is 62.2. The number of halogens is 3. The third-order valence-corrected chi connectivity index (χ3v) is 9.67. The molecule has 0 N–H and O–H groups in total. The molecule has 1 saturated heterocycles. The van der Waals surface area contributed by atoms with Crippen molar-refractivity contribution in [3.8, 4) is 16.9 Å². The fraction of sp³-hybridized carbons (Fsp3) is 0.636. The molecule has 6 rings (SSSR count). The van der Waals surface area contributed by atoms with Crippen molar-refractivity contribution in [2.75, 3.05) is 13.2 Å². The van der Waals surface area contributed by atoms with Crippen molar-refractivity contribution in [3.05, 3.63) is 53.8 Å². The molecule has 4 fully saturated rings. The molecule has 0 radical (unpaired) electrons. The monoisotopic (exact) mass is 542 g/mol. The zero-order valence-electron chi connectivity index (χ0n) is 22.9. The van der Waals surface area contributed by atoms with Gasteiger partial charge in [0.2, 0.25) is 0 Å². The van der Waals surface area contributed by atoms with Gasteiger partial charge in [0.05, 0.1) is 19.1 Å². The van der Waals surface area contributed by atoms with Gasteiger partial charge in [-0.05, 0) is 105 Å². The van der Waals surface area contributed by atoms with E-state index in [0.717, 1.165) is 63.4 Å². The topological polar surface area (TPSA) is 27.7 Å². The van der Waals surface area contributed by atoms with Crippen LogP contribution in [0.25, 0.3) is 11.1 Å². The number of alkyl halides is 2. The average molecular weight is 543 g/mol. The fourth-order valence-electron chi connectivity index (χ4n) is 7.09. The molecule has 0 unspecified atom stereocenters. The summed E-state index contributed by atoms with van der Waals surface area (Å²) in [6.45, 7) is 3.69. The van der Waals surface area contributed by atoms with Crippen LogP contribution in [0.15, 0.2) is 42.5 Å². The van der Waals surface area contributed by atoms with E-state index >= 15 is 8.78 Å². The summed E-state index contributed by atoms with van der Waals surface area (Å²) in [5, 5.41) is 0. The van der Waals surface area contributed by atoms with E-state index in [1.54, 1.807) is 6.07 Å². The van der Waals surface area contributed by atoms with Crippen molar-refractivity contribution in [2.45, 2.75) is 89.4 Å². The maximum atomic E-state index is 15.2. The summed E-state index contributed by atoms with van der Waals surface area (Å²) in [4.78, 5) is 0. The second kappa shape index (κ2) is 11.4. The minimum atomic E-state index is -3.31. The first-order valence-electron chi connectivity index (χ1n) is 15.1. The Balaban J connectivity index is 0.991. The van der Waals surface area contributed by atoms with E-state index in [-0.39, 0.29) is 12.0 Å². The predicted octanol–water partition coefficient (Wildman–Crippen LogP) is 8.96. The van der Waals surface area contributed by atoms with Crippen LogP contribution >= 0.6 is 0 Å². The van der Waals surface area contributed by atoms with Crippen molar-refractivity contribution < 1.29 is 27.4 Å². The minimum Gasteiger partial charge on any atom is -0.432 e. The summed E-state index contributed by atoms with van der Waals surface area (Å²) in [6.07, 6.45) is 5.97. The Morgan fingerprint density at radius 1 is 0.744 bits per heavy atom. The quantitative estimate of drug-likeness (QED) is 0.349. The first-order valence-corrected chi connectivity index (χ1v) is 15.1. The number of rotatable bonds is 7. The predicted molar refractivity (Wildman–Crippen MR) is 145 cm³/mol. The molecule has 0 bridgehead atoms. The van der Waals surface area contributed by atoms with Gasteiger partial charge >= 0.3 is 6.11 Å². The maximum absolute atomic E-state index is 15.2. The summed E-state index contributed by atoms with van der Waals surface area (Å²) in [6, 6.07) is 12.0. The first kappa shape index (κ1) is 27.1. The van der Waals surface area contributed by atoms with Gasteiger partial charge in [-0.2, -0.15) is 8.78 Å². The van der Waals surface area contributed by atoms with Gasteiger partial charge in [0.1, 0.15) is 11.6 Å². The van der Waals surface area contributed by atoms with Crippen LogP contribution in [0, 0.1) is 35.4 Å². The SMILES string of the molecule is CC1COC(C2CCC(C3CCC(C(F)(F)Oc4ccc(-c5ccc(C6CC6)cc5)c(F)c4)CC3)CC2)OC1. The second-order valence-corrected chi connectivity index (χ2v) is 12.6. The molecule has 6 heteroatoms. The van der Waals surface area contributed by atoms with E-state index in [1.165, 1.54) is 24.5 Å². The molecular weight excluding hydrogens is 501 g/mol. The minimum absolute atomic E-state index is 0.0690. The Kier molecular flexibility index (Phi) is 7.96. The highest BCUT2D eigenvalue weighted by molar-refractivity contribution is 5.65. The van der Waals surface area contributed by atoms with Gasteiger partial charge in [-0.25, -0.2) is 4.39 Å². The molecule has 2 aromatic rings. The summed E-state index contributed by atoms with van der Waals surface area (Å²) in [7, 11) is 0. The van der Waals surface area contributed by atoms with Crippen molar-refractivity contribution in [3.63, 3.8) is 0 Å². The van der Waals surface area contributed by atoms with Gasteiger partial charge in [0.25, 0.3) is 0 Å². The highest BCUT2D eigenvalue weighted by Crippen LogP contribution is 2.46. The van der Waals surface area contributed by atoms with E-state index < -0.39 is 17.8 Å². The Labute approximate surface area is 230 Å². The number of hydrogen-bond donors (Lipinski definition) is 0. The van der Waals surface area contributed by atoms with Gasteiger partial charge in [0, 0.05) is 23.5 Å². The standard InChI is InChI=1S/C33H41F3O3/c1-21-19-37-32(38-20-21)27-10-6-24(7-11-27)25-12-14-28(15-13-25)33(35,36)39-29-16-17-30(31(34)18-29)26-8-4-23(5-9-26)22-2-3-22/h4-5,8-9,16-18,21-22,24-25,27-28,32H,2-3,6-7,10-15,19-20H2,1H3. The third kappa shape index (κ3) is 6.32. The number of ether oxygens (including phenoxy) is 3. The number of benzene rings is 2. The van der Waals surface area contributed by atoms with Crippen LogP contribution in [0.5, 0.6) is 5.75 Å². The second-order valence-electron chi connectivity index (χ2n) is 12.6.